The number of rotatable bonds is 4. The van der Waals surface area contributed by atoms with Crippen molar-refractivity contribution in [3.63, 3.8) is 0 Å². The van der Waals surface area contributed by atoms with Gasteiger partial charge < -0.3 is 10.1 Å². The van der Waals surface area contributed by atoms with E-state index in [0.29, 0.717) is 23.8 Å². The van der Waals surface area contributed by atoms with E-state index in [4.69, 9.17) is 4.74 Å². The van der Waals surface area contributed by atoms with Crippen molar-refractivity contribution >= 4 is 11.7 Å². The van der Waals surface area contributed by atoms with Gasteiger partial charge in [-0.3, -0.25) is 0 Å². The second kappa shape index (κ2) is 6.33. The fraction of sp³-hybridized carbons (Fsp3) is 0.500. The molecule has 1 heterocycles. The first-order chi connectivity index (χ1) is 11.3. The fourth-order valence-corrected chi connectivity index (χ4v) is 2.72. The largest absolute Gasteiger partial charge is 0.493 e. The molecule has 0 spiro atoms. The molecule has 1 fully saturated rings. The number of hydrazone groups is 1. The Bertz CT molecular complexity index is 669. The smallest absolute Gasteiger partial charge is 0.419 e. The third-order valence-electron chi connectivity index (χ3n) is 4.32. The molecule has 2 aliphatic rings. The van der Waals surface area contributed by atoms with Gasteiger partial charge in [0.05, 0.1) is 23.9 Å². The topological polar surface area (TPSA) is 62.7 Å². The maximum Gasteiger partial charge on any atom is 0.419 e. The number of halogens is 3. The first-order valence-electron chi connectivity index (χ1n) is 7.83. The average Bonchev–Trinajstić information content (AvgIpc) is 2.45. The number of benzene rings is 1. The SMILES string of the molecule is C[C@@H]1NC(=O)NN=C1c1ccc(OCC2CCC2)c(C(F)(F)F)c1. The summed E-state index contributed by atoms with van der Waals surface area (Å²) in [5, 5.41) is 6.42. The highest BCUT2D eigenvalue weighted by Crippen LogP contribution is 2.38. The average molecular weight is 341 g/mol. The highest BCUT2D eigenvalue weighted by atomic mass is 19.4. The van der Waals surface area contributed by atoms with Crippen molar-refractivity contribution in [2.75, 3.05) is 6.61 Å². The molecule has 1 aliphatic heterocycles. The summed E-state index contributed by atoms with van der Waals surface area (Å²) in [5.74, 6) is 0.173. The standard InChI is InChI=1S/C16H18F3N3O2/c1-9-14(21-22-15(23)20-9)11-5-6-13(12(7-11)16(17,18)19)24-8-10-3-2-4-10/h5-7,9-10H,2-4,8H2,1H3,(H2,20,22,23)/t9-/m0/s1. The van der Waals surface area contributed by atoms with Crippen LogP contribution in [0.15, 0.2) is 23.3 Å². The summed E-state index contributed by atoms with van der Waals surface area (Å²) in [6, 6.07) is 2.90. The van der Waals surface area contributed by atoms with Gasteiger partial charge in [0.25, 0.3) is 0 Å². The molecule has 130 valence electrons. The van der Waals surface area contributed by atoms with Gasteiger partial charge in [-0.15, -0.1) is 0 Å². The van der Waals surface area contributed by atoms with E-state index in [1.807, 2.05) is 0 Å². The fourth-order valence-electron chi connectivity index (χ4n) is 2.72. The molecule has 1 saturated carbocycles. The van der Waals surface area contributed by atoms with Gasteiger partial charge >= 0.3 is 12.2 Å². The zero-order valence-corrected chi connectivity index (χ0v) is 13.1. The molecule has 1 aromatic rings. The third-order valence-corrected chi connectivity index (χ3v) is 4.32. The van der Waals surface area contributed by atoms with E-state index in [1.54, 1.807) is 6.92 Å². The first kappa shape index (κ1) is 16.6. The number of alkyl halides is 3. The van der Waals surface area contributed by atoms with Crippen molar-refractivity contribution in [1.29, 1.82) is 0 Å². The monoisotopic (exact) mass is 341 g/mol. The molecule has 1 atom stereocenters. The van der Waals surface area contributed by atoms with Gasteiger partial charge in [-0.1, -0.05) is 6.42 Å². The summed E-state index contributed by atoms with van der Waals surface area (Å²) in [5.41, 5.74) is 2.02. The van der Waals surface area contributed by atoms with Crippen molar-refractivity contribution in [3.8, 4) is 5.75 Å². The summed E-state index contributed by atoms with van der Waals surface area (Å²) in [4.78, 5) is 11.2. The van der Waals surface area contributed by atoms with Crippen LogP contribution in [0.3, 0.4) is 0 Å². The summed E-state index contributed by atoms with van der Waals surface area (Å²) < 4.78 is 45.5. The van der Waals surface area contributed by atoms with E-state index >= 15 is 0 Å². The summed E-state index contributed by atoms with van der Waals surface area (Å²) >= 11 is 0. The van der Waals surface area contributed by atoms with Crippen molar-refractivity contribution in [2.24, 2.45) is 11.0 Å². The van der Waals surface area contributed by atoms with E-state index in [2.05, 4.69) is 15.8 Å². The predicted octanol–water partition coefficient (Wildman–Crippen LogP) is 3.29. The van der Waals surface area contributed by atoms with E-state index in [9.17, 15) is 18.0 Å². The van der Waals surface area contributed by atoms with Crippen LogP contribution in [0.5, 0.6) is 5.75 Å². The Morgan fingerprint density at radius 2 is 2.08 bits per heavy atom. The Kier molecular flexibility index (Phi) is 4.38. The molecule has 24 heavy (non-hydrogen) atoms. The van der Waals surface area contributed by atoms with Gasteiger partial charge in [-0.2, -0.15) is 18.3 Å². The highest BCUT2D eigenvalue weighted by Gasteiger charge is 2.36. The molecule has 0 unspecified atom stereocenters. The second-order valence-corrected chi connectivity index (χ2v) is 6.12. The maximum absolute atomic E-state index is 13.4. The molecule has 1 aromatic carbocycles. The van der Waals surface area contributed by atoms with Crippen LogP contribution in [-0.2, 0) is 6.18 Å². The lowest BCUT2D eigenvalue weighted by Crippen LogP contribution is -2.48. The predicted molar refractivity (Wildman–Crippen MR) is 81.9 cm³/mol. The minimum atomic E-state index is -4.53. The number of hydrogen-bond donors (Lipinski definition) is 2. The van der Waals surface area contributed by atoms with Gasteiger partial charge in [0, 0.05) is 5.56 Å². The minimum Gasteiger partial charge on any atom is -0.493 e. The molecule has 3 rings (SSSR count). The molecule has 0 bridgehead atoms. The quantitative estimate of drug-likeness (QED) is 0.883. The van der Waals surface area contributed by atoms with Crippen LogP contribution in [-0.4, -0.2) is 24.4 Å². The second-order valence-electron chi connectivity index (χ2n) is 6.12. The van der Waals surface area contributed by atoms with Crippen molar-refractivity contribution in [1.82, 2.24) is 10.7 Å². The Labute approximate surface area is 137 Å². The Balaban J connectivity index is 1.88. The van der Waals surface area contributed by atoms with Gasteiger partial charge in [-0.25, -0.2) is 10.2 Å². The molecular formula is C16H18F3N3O2. The number of urea groups is 1. The van der Waals surface area contributed by atoms with Crippen LogP contribution < -0.4 is 15.5 Å². The van der Waals surface area contributed by atoms with E-state index in [1.165, 1.54) is 12.1 Å². The number of hydrogen-bond acceptors (Lipinski definition) is 3. The van der Waals surface area contributed by atoms with E-state index in [0.717, 1.165) is 25.3 Å². The van der Waals surface area contributed by atoms with Gasteiger partial charge in [0.2, 0.25) is 0 Å². The molecule has 0 saturated heterocycles. The normalized spacial score (nSPS) is 21.4. The lowest BCUT2D eigenvalue weighted by atomic mass is 9.86. The molecular weight excluding hydrogens is 323 g/mol. The van der Waals surface area contributed by atoms with E-state index in [-0.39, 0.29) is 5.75 Å². The van der Waals surface area contributed by atoms with Crippen LogP contribution in [0.2, 0.25) is 0 Å². The van der Waals surface area contributed by atoms with Crippen molar-refractivity contribution in [2.45, 2.75) is 38.4 Å². The van der Waals surface area contributed by atoms with Crippen molar-refractivity contribution in [3.05, 3.63) is 29.3 Å². The molecule has 2 N–H and O–H groups in total. The number of ether oxygens (including phenoxy) is 1. The van der Waals surface area contributed by atoms with Gasteiger partial charge in [-0.05, 0) is 43.9 Å². The van der Waals surface area contributed by atoms with Crippen molar-refractivity contribution < 1.29 is 22.7 Å². The van der Waals surface area contributed by atoms with Crippen LogP contribution in [0.4, 0.5) is 18.0 Å². The van der Waals surface area contributed by atoms with Crippen LogP contribution in [0.25, 0.3) is 0 Å². The molecule has 0 radical (unpaired) electrons. The Morgan fingerprint density at radius 1 is 1.33 bits per heavy atom. The van der Waals surface area contributed by atoms with Crippen LogP contribution in [0, 0.1) is 5.92 Å². The lowest BCUT2D eigenvalue weighted by Gasteiger charge is -2.26. The number of nitrogens with zero attached hydrogens (tertiary/aromatic N) is 1. The first-order valence-corrected chi connectivity index (χ1v) is 7.83. The third kappa shape index (κ3) is 3.47. The number of amides is 2. The zero-order chi connectivity index (χ0) is 17.3. The highest BCUT2D eigenvalue weighted by molar-refractivity contribution is 6.07. The van der Waals surface area contributed by atoms with Crippen LogP contribution in [0.1, 0.15) is 37.3 Å². The summed E-state index contributed by atoms with van der Waals surface area (Å²) in [6.07, 6.45) is -1.42. The van der Waals surface area contributed by atoms with Gasteiger partial charge in [0.15, 0.2) is 0 Å². The summed E-state index contributed by atoms with van der Waals surface area (Å²) in [7, 11) is 0. The number of carbonyl (C=O) groups is 1. The van der Waals surface area contributed by atoms with Crippen LogP contribution >= 0.6 is 0 Å². The molecule has 2 amide bonds. The molecule has 8 heteroatoms. The Hall–Kier alpha value is -2.25. The van der Waals surface area contributed by atoms with E-state index < -0.39 is 23.8 Å². The molecule has 0 aromatic heterocycles. The Morgan fingerprint density at radius 3 is 2.67 bits per heavy atom. The van der Waals surface area contributed by atoms with Gasteiger partial charge in [0.1, 0.15) is 5.75 Å². The lowest BCUT2D eigenvalue weighted by molar-refractivity contribution is -0.139. The zero-order valence-electron chi connectivity index (χ0n) is 13.1. The molecule has 5 nitrogen and oxygen atoms in total. The molecule has 1 aliphatic carbocycles. The minimum absolute atomic E-state index is 0.167. The number of nitrogens with one attached hydrogen (secondary N) is 2. The number of carbonyl (C=O) groups excluding carboxylic acids is 1. The maximum atomic E-state index is 13.4. The summed E-state index contributed by atoms with van der Waals surface area (Å²) in [6.45, 7) is 1.96.